The molecule has 2 rings (SSSR count). The summed E-state index contributed by atoms with van der Waals surface area (Å²) in [6.07, 6.45) is 1.43. The minimum absolute atomic E-state index is 0.336. The van der Waals surface area contributed by atoms with Gasteiger partial charge >= 0.3 is 11.9 Å². The molecule has 3 unspecified atom stereocenters. The van der Waals surface area contributed by atoms with E-state index in [0.29, 0.717) is 25.4 Å². The van der Waals surface area contributed by atoms with Gasteiger partial charge in [-0.2, -0.15) is 0 Å². The zero-order valence-corrected chi connectivity index (χ0v) is 10.2. The molecule has 3 atom stereocenters. The van der Waals surface area contributed by atoms with Crippen LogP contribution in [0.3, 0.4) is 0 Å². The lowest BCUT2D eigenvalue weighted by Crippen LogP contribution is -2.47. The van der Waals surface area contributed by atoms with E-state index < -0.39 is 23.8 Å². The summed E-state index contributed by atoms with van der Waals surface area (Å²) in [5, 5.41) is 18.1. The molecule has 0 aromatic carbocycles. The van der Waals surface area contributed by atoms with E-state index in [1.165, 1.54) is 0 Å². The van der Waals surface area contributed by atoms with E-state index in [-0.39, 0.29) is 0 Å². The fourth-order valence-corrected chi connectivity index (χ4v) is 2.82. The molecule has 2 heterocycles. The van der Waals surface area contributed by atoms with E-state index in [1.807, 2.05) is 0 Å². The normalized spacial score (nSPS) is 33.4. The molecular weight excluding hydrogens is 238 g/mol. The van der Waals surface area contributed by atoms with Crippen LogP contribution in [-0.4, -0.2) is 59.9 Å². The summed E-state index contributed by atoms with van der Waals surface area (Å²) in [7, 11) is 0. The third kappa shape index (κ3) is 3.00. The van der Waals surface area contributed by atoms with Gasteiger partial charge in [0.05, 0.1) is 18.4 Å². The Morgan fingerprint density at radius 2 is 1.89 bits per heavy atom. The van der Waals surface area contributed by atoms with E-state index in [1.54, 1.807) is 0 Å². The van der Waals surface area contributed by atoms with Crippen LogP contribution < -0.4 is 0 Å². The number of piperidine rings is 1. The van der Waals surface area contributed by atoms with Crippen LogP contribution in [-0.2, 0) is 14.3 Å². The fourth-order valence-electron chi connectivity index (χ4n) is 2.82. The number of likely N-dealkylation sites (tertiary alicyclic amines) is 1. The molecule has 0 aromatic rings. The average Bonchev–Trinajstić information content (AvgIpc) is 2.81. The van der Waals surface area contributed by atoms with Gasteiger partial charge in [0.25, 0.3) is 0 Å². The van der Waals surface area contributed by atoms with Crippen molar-refractivity contribution in [1.29, 1.82) is 0 Å². The third-order valence-electron chi connectivity index (χ3n) is 3.87. The summed E-state index contributed by atoms with van der Waals surface area (Å²) >= 11 is 0. The first-order valence-electron chi connectivity index (χ1n) is 6.33. The summed E-state index contributed by atoms with van der Waals surface area (Å²) in [6.45, 7) is 3.32. The average molecular weight is 257 g/mol. The van der Waals surface area contributed by atoms with Crippen LogP contribution in [0.25, 0.3) is 0 Å². The largest absolute Gasteiger partial charge is 0.481 e. The van der Waals surface area contributed by atoms with Gasteiger partial charge in [-0.05, 0) is 25.3 Å². The van der Waals surface area contributed by atoms with Crippen LogP contribution in [0.5, 0.6) is 0 Å². The van der Waals surface area contributed by atoms with Crippen molar-refractivity contribution in [3.05, 3.63) is 0 Å². The Labute approximate surface area is 106 Å². The van der Waals surface area contributed by atoms with Crippen molar-refractivity contribution in [3.63, 3.8) is 0 Å². The number of hydrogen-bond acceptors (Lipinski definition) is 4. The molecular formula is C12H19NO5. The van der Waals surface area contributed by atoms with Crippen molar-refractivity contribution < 1.29 is 24.5 Å². The van der Waals surface area contributed by atoms with Gasteiger partial charge in [0.15, 0.2) is 0 Å². The van der Waals surface area contributed by atoms with Crippen molar-refractivity contribution in [2.75, 3.05) is 32.8 Å². The second-order valence-electron chi connectivity index (χ2n) is 5.17. The van der Waals surface area contributed by atoms with Crippen LogP contribution in [0.2, 0.25) is 0 Å². The minimum atomic E-state index is -1.00. The highest BCUT2D eigenvalue weighted by Crippen LogP contribution is 2.26. The molecule has 6 heteroatoms. The number of rotatable bonds is 4. The SMILES string of the molecule is O=C(O)C1CCN(CC2CCOC2)CC1C(=O)O. The molecule has 0 spiro atoms. The Hall–Kier alpha value is -1.14. The van der Waals surface area contributed by atoms with Crippen LogP contribution in [0, 0.1) is 17.8 Å². The van der Waals surface area contributed by atoms with Crippen molar-refractivity contribution in [2.24, 2.45) is 17.8 Å². The van der Waals surface area contributed by atoms with E-state index in [2.05, 4.69) is 4.90 Å². The molecule has 2 N–H and O–H groups in total. The Bertz CT molecular complexity index is 326. The standard InChI is InChI=1S/C12H19NO5/c14-11(15)9-1-3-13(6-10(9)12(16)17)5-8-2-4-18-7-8/h8-10H,1-7H2,(H,14,15)(H,16,17). The van der Waals surface area contributed by atoms with E-state index in [9.17, 15) is 9.59 Å². The van der Waals surface area contributed by atoms with Gasteiger partial charge < -0.3 is 19.8 Å². The van der Waals surface area contributed by atoms with Crippen LogP contribution >= 0.6 is 0 Å². The molecule has 2 fully saturated rings. The molecule has 18 heavy (non-hydrogen) atoms. The van der Waals surface area contributed by atoms with Gasteiger partial charge in [0.2, 0.25) is 0 Å². The molecule has 102 valence electrons. The molecule has 2 aliphatic heterocycles. The predicted molar refractivity (Wildman–Crippen MR) is 62.2 cm³/mol. The molecule has 0 aliphatic carbocycles. The number of carbonyl (C=O) groups is 2. The molecule has 2 saturated heterocycles. The summed E-state index contributed by atoms with van der Waals surface area (Å²) in [5.74, 6) is -3.08. The Balaban J connectivity index is 1.92. The molecule has 2 aliphatic rings. The zero-order valence-electron chi connectivity index (χ0n) is 10.2. The van der Waals surface area contributed by atoms with Gasteiger partial charge in [-0.1, -0.05) is 0 Å². The van der Waals surface area contributed by atoms with Gasteiger partial charge in [-0.15, -0.1) is 0 Å². The number of aliphatic carboxylic acids is 2. The summed E-state index contributed by atoms with van der Waals surface area (Å²) in [5.41, 5.74) is 0. The van der Waals surface area contributed by atoms with Crippen molar-refractivity contribution >= 4 is 11.9 Å². The van der Waals surface area contributed by atoms with Crippen molar-refractivity contribution in [1.82, 2.24) is 4.90 Å². The van der Waals surface area contributed by atoms with Gasteiger partial charge in [-0.25, -0.2) is 0 Å². The lowest BCUT2D eigenvalue weighted by Gasteiger charge is -2.35. The molecule has 6 nitrogen and oxygen atoms in total. The number of carboxylic acids is 2. The topological polar surface area (TPSA) is 87.1 Å². The summed E-state index contributed by atoms with van der Waals surface area (Å²) < 4.78 is 5.30. The third-order valence-corrected chi connectivity index (χ3v) is 3.87. The lowest BCUT2D eigenvalue weighted by molar-refractivity contribution is -0.157. The minimum Gasteiger partial charge on any atom is -0.481 e. The van der Waals surface area contributed by atoms with Gasteiger partial charge in [0, 0.05) is 19.7 Å². The first kappa shape index (κ1) is 13.3. The highest BCUT2D eigenvalue weighted by molar-refractivity contribution is 5.80. The maximum atomic E-state index is 11.1. The highest BCUT2D eigenvalue weighted by Gasteiger charge is 2.39. The first-order chi connectivity index (χ1) is 8.58. The molecule has 0 bridgehead atoms. The second-order valence-corrected chi connectivity index (χ2v) is 5.17. The molecule has 0 radical (unpaired) electrons. The maximum Gasteiger partial charge on any atom is 0.308 e. The molecule has 0 saturated carbocycles. The second kappa shape index (κ2) is 5.67. The highest BCUT2D eigenvalue weighted by atomic mass is 16.5. The Morgan fingerprint density at radius 3 is 2.44 bits per heavy atom. The quantitative estimate of drug-likeness (QED) is 0.744. The fraction of sp³-hybridized carbons (Fsp3) is 0.833. The van der Waals surface area contributed by atoms with E-state index in [0.717, 1.165) is 26.2 Å². The lowest BCUT2D eigenvalue weighted by atomic mass is 9.85. The summed E-state index contributed by atoms with van der Waals surface area (Å²) in [4.78, 5) is 24.2. The number of ether oxygens (including phenoxy) is 1. The first-order valence-corrected chi connectivity index (χ1v) is 6.33. The van der Waals surface area contributed by atoms with Crippen LogP contribution in [0.4, 0.5) is 0 Å². The van der Waals surface area contributed by atoms with Crippen LogP contribution in [0.15, 0.2) is 0 Å². The van der Waals surface area contributed by atoms with Gasteiger partial charge in [0.1, 0.15) is 0 Å². The van der Waals surface area contributed by atoms with E-state index >= 15 is 0 Å². The molecule has 0 aromatic heterocycles. The molecule has 0 amide bonds. The van der Waals surface area contributed by atoms with Crippen molar-refractivity contribution in [2.45, 2.75) is 12.8 Å². The monoisotopic (exact) mass is 257 g/mol. The van der Waals surface area contributed by atoms with Gasteiger partial charge in [-0.3, -0.25) is 9.59 Å². The maximum absolute atomic E-state index is 11.1. The zero-order chi connectivity index (χ0) is 13.1. The number of hydrogen-bond donors (Lipinski definition) is 2. The smallest absolute Gasteiger partial charge is 0.308 e. The Morgan fingerprint density at radius 1 is 1.17 bits per heavy atom. The number of nitrogens with zero attached hydrogens (tertiary/aromatic N) is 1. The van der Waals surface area contributed by atoms with E-state index in [4.69, 9.17) is 14.9 Å². The predicted octanol–water partition coefficient (Wildman–Crippen LogP) is 0.130. The van der Waals surface area contributed by atoms with Crippen molar-refractivity contribution in [3.8, 4) is 0 Å². The summed E-state index contributed by atoms with van der Waals surface area (Å²) in [6, 6.07) is 0. The van der Waals surface area contributed by atoms with Crippen LogP contribution in [0.1, 0.15) is 12.8 Å². The number of carboxylic acid groups (broad SMARTS) is 2. The Kier molecular flexibility index (Phi) is 4.19.